The number of ether oxygens (including phenoxy) is 2. The Labute approximate surface area is 115 Å². The Bertz CT molecular complexity index is 384. The standard InChI is InChI=1S/C15H24FNO2/c1-5-9-17-15(11(3)19-6-2)13-10-12(16)7-8-14(13)18-4/h7-8,10-11,15,17H,5-6,9H2,1-4H3. The van der Waals surface area contributed by atoms with Crippen molar-refractivity contribution in [1.29, 1.82) is 0 Å². The molecule has 0 heterocycles. The summed E-state index contributed by atoms with van der Waals surface area (Å²) in [7, 11) is 1.60. The molecule has 0 saturated heterocycles. The average Bonchev–Trinajstić information content (AvgIpc) is 2.40. The van der Waals surface area contributed by atoms with Gasteiger partial charge in [0.25, 0.3) is 0 Å². The van der Waals surface area contributed by atoms with E-state index < -0.39 is 0 Å². The molecule has 0 bridgehead atoms. The van der Waals surface area contributed by atoms with E-state index in [0.717, 1.165) is 18.5 Å². The summed E-state index contributed by atoms with van der Waals surface area (Å²) in [6.07, 6.45) is 0.958. The highest BCUT2D eigenvalue weighted by Crippen LogP contribution is 2.29. The fraction of sp³-hybridized carbons (Fsp3) is 0.600. The van der Waals surface area contributed by atoms with E-state index in [1.807, 2.05) is 13.8 Å². The topological polar surface area (TPSA) is 30.5 Å². The van der Waals surface area contributed by atoms with Gasteiger partial charge in [-0.1, -0.05) is 6.92 Å². The molecule has 3 nitrogen and oxygen atoms in total. The lowest BCUT2D eigenvalue weighted by atomic mass is 10.0. The lowest BCUT2D eigenvalue weighted by Gasteiger charge is -2.27. The molecule has 0 aromatic heterocycles. The normalized spacial score (nSPS) is 14.2. The molecule has 1 aromatic rings. The Balaban J connectivity index is 3.04. The summed E-state index contributed by atoms with van der Waals surface area (Å²) in [5.74, 6) is 0.421. The second-order valence-corrected chi connectivity index (χ2v) is 4.48. The van der Waals surface area contributed by atoms with Gasteiger partial charge < -0.3 is 14.8 Å². The maximum atomic E-state index is 13.5. The monoisotopic (exact) mass is 269 g/mol. The van der Waals surface area contributed by atoms with Crippen molar-refractivity contribution in [3.05, 3.63) is 29.6 Å². The Kier molecular flexibility index (Phi) is 6.81. The molecule has 0 amide bonds. The van der Waals surface area contributed by atoms with Gasteiger partial charge in [0.2, 0.25) is 0 Å². The highest BCUT2D eigenvalue weighted by Gasteiger charge is 2.22. The van der Waals surface area contributed by atoms with Crippen molar-refractivity contribution >= 4 is 0 Å². The quantitative estimate of drug-likeness (QED) is 0.785. The molecular weight excluding hydrogens is 245 g/mol. The minimum Gasteiger partial charge on any atom is -0.496 e. The van der Waals surface area contributed by atoms with Crippen molar-refractivity contribution in [2.24, 2.45) is 0 Å². The number of hydrogen-bond acceptors (Lipinski definition) is 3. The summed E-state index contributed by atoms with van der Waals surface area (Å²) < 4.78 is 24.5. The van der Waals surface area contributed by atoms with Crippen molar-refractivity contribution in [3.63, 3.8) is 0 Å². The Hall–Kier alpha value is -1.13. The molecule has 1 aromatic carbocycles. The molecule has 0 aliphatic carbocycles. The summed E-state index contributed by atoms with van der Waals surface area (Å²) >= 11 is 0. The first kappa shape index (κ1) is 15.9. The van der Waals surface area contributed by atoms with Crippen LogP contribution in [-0.2, 0) is 4.74 Å². The lowest BCUT2D eigenvalue weighted by Crippen LogP contribution is -2.33. The molecule has 1 rings (SSSR count). The smallest absolute Gasteiger partial charge is 0.123 e. The summed E-state index contributed by atoms with van der Waals surface area (Å²) in [5, 5.41) is 3.40. The lowest BCUT2D eigenvalue weighted by molar-refractivity contribution is 0.0465. The summed E-state index contributed by atoms with van der Waals surface area (Å²) in [4.78, 5) is 0. The third-order valence-corrected chi connectivity index (χ3v) is 3.04. The number of hydrogen-bond donors (Lipinski definition) is 1. The second-order valence-electron chi connectivity index (χ2n) is 4.48. The second kappa shape index (κ2) is 8.12. The highest BCUT2D eigenvalue weighted by molar-refractivity contribution is 5.37. The maximum absolute atomic E-state index is 13.5. The van der Waals surface area contributed by atoms with Crippen molar-refractivity contribution in [3.8, 4) is 5.75 Å². The molecular formula is C15H24FNO2. The van der Waals surface area contributed by atoms with Crippen LogP contribution in [0.2, 0.25) is 0 Å². The molecule has 108 valence electrons. The van der Waals surface area contributed by atoms with Gasteiger partial charge >= 0.3 is 0 Å². The van der Waals surface area contributed by atoms with Crippen LogP contribution >= 0.6 is 0 Å². The largest absolute Gasteiger partial charge is 0.496 e. The molecule has 0 aliphatic rings. The van der Waals surface area contributed by atoms with Gasteiger partial charge in [-0.3, -0.25) is 0 Å². The van der Waals surface area contributed by atoms with Gasteiger partial charge in [-0.2, -0.15) is 0 Å². The zero-order valence-corrected chi connectivity index (χ0v) is 12.2. The van der Waals surface area contributed by atoms with Crippen LogP contribution < -0.4 is 10.1 Å². The van der Waals surface area contributed by atoms with E-state index in [9.17, 15) is 4.39 Å². The summed E-state index contributed by atoms with van der Waals surface area (Å²) in [6, 6.07) is 4.50. The van der Waals surface area contributed by atoms with Gasteiger partial charge in [-0.05, 0) is 45.0 Å². The predicted molar refractivity (Wildman–Crippen MR) is 75.1 cm³/mol. The average molecular weight is 269 g/mol. The van der Waals surface area contributed by atoms with Gasteiger partial charge in [-0.15, -0.1) is 0 Å². The molecule has 4 heteroatoms. The Morgan fingerprint density at radius 1 is 1.32 bits per heavy atom. The Morgan fingerprint density at radius 3 is 2.63 bits per heavy atom. The van der Waals surface area contributed by atoms with E-state index in [0.29, 0.717) is 12.4 Å². The van der Waals surface area contributed by atoms with E-state index in [1.54, 1.807) is 13.2 Å². The van der Waals surface area contributed by atoms with E-state index in [1.165, 1.54) is 12.1 Å². The molecule has 19 heavy (non-hydrogen) atoms. The van der Waals surface area contributed by atoms with Gasteiger partial charge in [0, 0.05) is 12.2 Å². The minimum atomic E-state index is -0.261. The molecule has 0 radical (unpaired) electrons. The first-order valence-corrected chi connectivity index (χ1v) is 6.82. The molecule has 0 fully saturated rings. The van der Waals surface area contributed by atoms with Crippen LogP contribution in [0, 0.1) is 5.82 Å². The SMILES string of the molecule is CCCNC(c1cc(F)ccc1OC)C(C)OCC. The molecule has 1 N–H and O–H groups in total. The zero-order chi connectivity index (χ0) is 14.3. The predicted octanol–water partition coefficient (Wildman–Crippen LogP) is 3.30. The van der Waals surface area contributed by atoms with Gasteiger partial charge in [-0.25, -0.2) is 4.39 Å². The fourth-order valence-electron chi connectivity index (χ4n) is 2.14. The summed E-state index contributed by atoms with van der Waals surface area (Å²) in [5.41, 5.74) is 0.803. The van der Waals surface area contributed by atoms with E-state index in [-0.39, 0.29) is 18.0 Å². The van der Waals surface area contributed by atoms with E-state index >= 15 is 0 Å². The molecule has 2 atom stereocenters. The van der Waals surface area contributed by atoms with Crippen LogP contribution in [-0.4, -0.2) is 26.4 Å². The molecule has 0 aliphatic heterocycles. The number of benzene rings is 1. The fourth-order valence-corrected chi connectivity index (χ4v) is 2.14. The van der Waals surface area contributed by atoms with Gasteiger partial charge in [0.15, 0.2) is 0 Å². The number of rotatable bonds is 8. The molecule has 2 unspecified atom stereocenters. The van der Waals surface area contributed by atoms with Crippen LogP contribution in [0.5, 0.6) is 5.75 Å². The molecule has 0 spiro atoms. The van der Waals surface area contributed by atoms with Crippen molar-refractivity contribution in [1.82, 2.24) is 5.32 Å². The first-order chi connectivity index (χ1) is 9.13. The van der Waals surface area contributed by atoms with Crippen molar-refractivity contribution in [2.75, 3.05) is 20.3 Å². The zero-order valence-electron chi connectivity index (χ0n) is 12.2. The summed E-state index contributed by atoms with van der Waals surface area (Å²) in [6.45, 7) is 7.51. The van der Waals surface area contributed by atoms with Gasteiger partial charge in [0.05, 0.1) is 19.3 Å². The highest BCUT2D eigenvalue weighted by atomic mass is 19.1. The van der Waals surface area contributed by atoms with Crippen LogP contribution in [0.3, 0.4) is 0 Å². The van der Waals surface area contributed by atoms with Crippen LogP contribution in [0.15, 0.2) is 18.2 Å². The van der Waals surface area contributed by atoms with Crippen LogP contribution in [0.1, 0.15) is 38.8 Å². The molecule has 0 saturated carbocycles. The minimum absolute atomic E-state index is 0.0488. The number of nitrogens with one attached hydrogen (secondary N) is 1. The number of halogens is 1. The third-order valence-electron chi connectivity index (χ3n) is 3.04. The van der Waals surface area contributed by atoms with Crippen LogP contribution in [0.25, 0.3) is 0 Å². The van der Waals surface area contributed by atoms with E-state index in [2.05, 4.69) is 12.2 Å². The van der Waals surface area contributed by atoms with Crippen molar-refractivity contribution in [2.45, 2.75) is 39.3 Å². The third kappa shape index (κ3) is 4.48. The Morgan fingerprint density at radius 2 is 2.05 bits per heavy atom. The van der Waals surface area contributed by atoms with Crippen molar-refractivity contribution < 1.29 is 13.9 Å². The van der Waals surface area contributed by atoms with Crippen LogP contribution in [0.4, 0.5) is 4.39 Å². The first-order valence-electron chi connectivity index (χ1n) is 6.82. The van der Waals surface area contributed by atoms with E-state index in [4.69, 9.17) is 9.47 Å². The maximum Gasteiger partial charge on any atom is 0.123 e. The number of methoxy groups -OCH3 is 1. The van der Waals surface area contributed by atoms with Gasteiger partial charge in [0.1, 0.15) is 11.6 Å².